The summed E-state index contributed by atoms with van der Waals surface area (Å²) in [6, 6.07) is 14.2. The van der Waals surface area contributed by atoms with Crippen LogP contribution in [0.15, 0.2) is 48.7 Å². The van der Waals surface area contributed by atoms with Crippen molar-refractivity contribution in [1.29, 1.82) is 0 Å². The van der Waals surface area contributed by atoms with Crippen molar-refractivity contribution in [2.75, 3.05) is 67.8 Å². The first-order valence-electron chi connectivity index (χ1n) is 10.6. The van der Waals surface area contributed by atoms with Gasteiger partial charge in [-0.1, -0.05) is 37.7 Å². The van der Waals surface area contributed by atoms with E-state index in [2.05, 4.69) is 62.9 Å². The largest absolute Gasteiger partial charge is 0.397 e. The molecule has 4 rings (SSSR count). The van der Waals surface area contributed by atoms with E-state index in [-0.39, 0.29) is 7.92 Å². The summed E-state index contributed by atoms with van der Waals surface area (Å²) in [6.07, 6.45) is 1.60. The number of nitrogens with two attached hydrogens (primary N) is 1. The molecule has 0 unspecified atom stereocenters. The second-order valence-corrected chi connectivity index (χ2v) is 10.8. The van der Waals surface area contributed by atoms with E-state index in [0.717, 1.165) is 48.9 Å². The van der Waals surface area contributed by atoms with Crippen LogP contribution in [0.3, 0.4) is 0 Å². The van der Waals surface area contributed by atoms with Gasteiger partial charge in [-0.05, 0) is 49.9 Å². The summed E-state index contributed by atoms with van der Waals surface area (Å²) in [4.78, 5) is 13.6. The Morgan fingerprint density at radius 2 is 1.78 bits per heavy atom. The van der Waals surface area contributed by atoms with Gasteiger partial charge in [0.15, 0.2) is 5.82 Å². The van der Waals surface area contributed by atoms with Crippen LogP contribution in [-0.4, -0.2) is 61.4 Å². The molecule has 0 bridgehead atoms. The van der Waals surface area contributed by atoms with Crippen LogP contribution in [0.5, 0.6) is 0 Å². The molecule has 0 amide bonds. The van der Waals surface area contributed by atoms with Gasteiger partial charge >= 0.3 is 0 Å². The molecule has 3 aromatic rings. The molecule has 1 fully saturated rings. The summed E-state index contributed by atoms with van der Waals surface area (Å²) < 4.78 is 0. The third-order valence-corrected chi connectivity index (χ3v) is 7.14. The molecule has 0 spiro atoms. The lowest BCUT2D eigenvalue weighted by molar-refractivity contribution is 0.313. The number of rotatable bonds is 6. The van der Waals surface area contributed by atoms with Gasteiger partial charge in [-0.2, -0.15) is 4.98 Å². The van der Waals surface area contributed by atoms with Crippen molar-refractivity contribution in [3.8, 4) is 0 Å². The Morgan fingerprint density at radius 3 is 2.50 bits per heavy atom. The summed E-state index contributed by atoms with van der Waals surface area (Å²) in [6.45, 7) is 8.47. The number of aromatic nitrogens is 2. The number of para-hydroxylation sites is 1. The number of hydrogen-bond donors (Lipinski definition) is 3. The fraction of sp³-hybridized carbons (Fsp3) is 0.304. The molecule has 0 saturated carbocycles. The number of nitrogens with one attached hydrogen (secondary N) is 2. The lowest BCUT2D eigenvalue weighted by Gasteiger charge is -2.34. The zero-order valence-corrected chi connectivity index (χ0v) is 20.3. The lowest BCUT2D eigenvalue weighted by Crippen LogP contribution is -2.44. The summed E-state index contributed by atoms with van der Waals surface area (Å²) in [5.74, 6) is 1.02. The number of nitrogen functional groups attached to an aromatic ring is 1. The molecule has 32 heavy (non-hydrogen) atoms. The average molecular weight is 470 g/mol. The molecule has 0 atom stereocenters. The smallest absolute Gasteiger partial charge is 0.229 e. The van der Waals surface area contributed by atoms with Gasteiger partial charge in [0.05, 0.1) is 17.6 Å². The van der Waals surface area contributed by atoms with Crippen LogP contribution in [0.4, 0.5) is 34.5 Å². The van der Waals surface area contributed by atoms with Gasteiger partial charge in [-0.15, -0.1) is 0 Å². The van der Waals surface area contributed by atoms with E-state index in [1.165, 1.54) is 5.30 Å². The molecule has 7 nitrogen and oxygen atoms in total. The maximum Gasteiger partial charge on any atom is 0.229 e. The van der Waals surface area contributed by atoms with Gasteiger partial charge in [-0.3, -0.25) is 0 Å². The monoisotopic (exact) mass is 469 g/mol. The third kappa shape index (κ3) is 5.23. The van der Waals surface area contributed by atoms with Gasteiger partial charge in [0.25, 0.3) is 0 Å². The second kappa shape index (κ2) is 9.90. The second-order valence-electron chi connectivity index (χ2n) is 8.12. The molecule has 168 valence electrons. The summed E-state index contributed by atoms with van der Waals surface area (Å²) >= 11 is 6.38. The molecule has 1 aliphatic rings. The van der Waals surface area contributed by atoms with Gasteiger partial charge in [0.1, 0.15) is 5.02 Å². The predicted octanol–water partition coefficient (Wildman–Crippen LogP) is 4.32. The maximum absolute atomic E-state index is 6.38. The minimum absolute atomic E-state index is 0.270. The Bertz CT molecular complexity index is 1080. The van der Waals surface area contributed by atoms with Gasteiger partial charge < -0.3 is 26.2 Å². The van der Waals surface area contributed by atoms with Crippen LogP contribution in [0.1, 0.15) is 0 Å². The zero-order chi connectivity index (χ0) is 22.7. The molecule has 0 radical (unpaired) electrons. The van der Waals surface area contributed by atoms with Crippen LogP contribution in [-0.2, 0) is 0 Å². The van der Waals surface area contributed by atoms with Crippen molar-refractivity contribution >= 4 is 59.3 Å². The number of anilines is 6. The van der Waals surface area contributed by atoms with E-state index < -0.39 is 0 Å². The standard InChI is InChI=1S/C23H29ClN7P/c1-30-10-12-31(13-11-30)20-9-8-16(14-18(20)25)27-23-26-15-17(24)22(29-23)28-19-6-4-5-7-21(19)32(2)3/h4-9,14-15H,10-13,25H2,1-3H3,(H2,26,27,28,29). The SMILES string of the molecule is CN1CCN(c2ccc(Nc3ncc(Cl)c(Nc4ccccc4P(C)C)n3)cc2N)CC1. The molecule has 1 saturated heterocycles. The highest BCUT2D eigenvalue weighted by atomic mass is 35.5. The third-order valence-electron chi connectivity index (χ3n) is 5.51. The molecular formula is C23H29ClN7P. The van der Waals surface area contributed by atoms with Crippen molar-refractivity contribution in [1.82, 2.24) is 14.9 Å². The highest BCUT2D eigenvalue weighted by Gasteiger charge is 2.17. The molecule has 2 heterocycles. The van der Waals surface area contributed by atoms with E-state index >= 15 is 0 Å². The fourth-order valence-corrected chi connectivity index (χ4v) is 4.84. The first kappa shape index (κ1) is 22.6. The van der Waals surface area contributed by atoms with Crippen LogP contribution < -0.4 is 26.6 Å². The molecule has 0 aliphatic carbocycles. The Labute approximate surface area is 195 Å². The number of likely N-dealkylation sites (N-methyl/N-ethyl adjacent to an activating group) is 1. The molecule has 1 aliphatic heterocycles. The van der Waals surface area contributed by atoms with Crippen LogP contribution in [0.2, 0.25) is 5.02 Å². The number of benzene rings is 2. The molecule has 1 aromatic heterocycles. The number of hydrogen-bond acceptors (Lipinski definition) is 7. The highest BCUT2D eigenvalue weighted by Crippen LogP contribution is 2.32. The number of piperazine rings is 1. The quantitative estimate of drug-likeness (QED) is 0.366. The van der Waals surface area contributed by atoms with E-state index in [0.29, 0.717) is 16.8 Å². The predicted molar refractivity (Wildman–Crippen MR) is 139 cm³/mol. The number of halogens is 1. The fourth-order valence-electron chi connectivity index (χ4n) is 3.71. The van der Waals surface area contributed by atoms with Gasteiger partial charge in [0, 0.05) is 37.6 Å². The van der Waals surface area contributed by atoms with Crippen LogP contribution in [0.25, 0.3) is 0 Å². The summed E-state index contributed by atoms with van der Waals surface area (Å²) in [5, 5.41) is 8.35. The summed E-state index contributed by atoms with van der Waals surface area (Å²) in [7, 11) is 1.87. The minimum Gasteiger partial charge on any atom is -0.397 e. The van der Waals surface area contributed by atoms with Crippen molar-refractivity contribution in [2.24, 2.45) is 0 Å². The Kier molecular flexibility index (Phi) is 6.99. The van der Waals surface area contributed by atoms with E-state index in [1.54, 1.807) is 6.20 Å². The molecular weight excluding hydrogens is 441 g/mol. The Hall–Kier alpha value is -2.60. The first-order valence-corrected chi connectivity index (χ1v) is 13.2. The minimum atomic E-state index is -0.270. The van der Waals surface area contributed by atoms with Crippen LogP contribution >= 0.6 is 19.5 Å². The van der Waals surface area contributed by atoms with E-state index in [4.69, 9.17) is 17.3 Å². The van der Waals surface area contributed by atoms with Crippen molar-refractivity contribution in [3.63, 3.8) is 0 Å². The molecule has 9 heteroatoms. The highest BCUT2D eigenvalue weighted by molar-refractivity contribution is 7.64. The lowest BCUT2D eigenvalue weighted by atomic mass is 10.2. The maximum atomic E-state index is 6.38. The van der Waals surface area contributed by atoms with Gasteiger partial charge in [-0.25, -0.2) is 4.98 Å². The van der Waals surface area contributed by atoms with Crippen molar-refractivity contribution in [3.05, 3.63) is 53.7 Å². The van der Waals surface area contributed by atoms with E-state index in [9.17, 15) is 0 Å². The first-order chi connectivity index (χ1) is 15.4. The molecule has 4 N–H and O–H groups in total. The number of nitrogens with zero attached hydrogens (tertiary/aromatic N) is 4. The van der Waals surface area contributed by atoms with E-state index in [1.807, 2.05) is 30.3 Å². The topological polar surface area (TPSA) is 82.3 Å². The Morgan fingerprint density at radius 1 is 1.03 bits per heavy atom. The summed E-state index contributed by atoms with van der Waals surface area (Å²) in [5.41, 5.74) is 10.0. The Balaban J connectivity index is 1.51. The molecule has 2 aromatic carbocycles. The zero-order valence-electron chi connectivity index (χ0n) is 18.6. The normalized spacial score (nSPS) is 14.6. The van der Waals surface area contributed by atoms with Crippen molar-refractivity contribution < 1.29 is 0 Å². The van der Waals surface area contributed by atoms with Crippen molar-refractivity contribution in [2.45, 2.75) is 0 Å². The average Bonchev–Trinajstić information content (AvgIpc) is 2.77. The van der Waals surface area contributed by atoms with Gasteiger partial charge in [0.2, 0.25) is 5.95 Å². The van der Waals surface area contributed by atoms with Crippen LogP contribution in [0, 0.1) is 0 Å².